The Morgan fingerprint density at radius 3 is 2.82 bits per heavy atom. The number of methoxy groups -OCH3 is 1. The van der Waals surface area contributed by atoms with Gasteiger partial charge in [0.15, 0.2) is 0 Å². The topological polar surface area (TPSA) is 76.8 Å². The van der Waals surface area contributed by atoms with Crippen LogP contribution in [0.25, 0.3) is 11.4 Å². The predicted octanol–water partition coefficient (Wildman–Crippen LogP) is 2.45. The summed E-state index contributed by atoms with van der Waals surface area (Å²) in [6, 6.07) is 5.18. The Labute approximate surface area is 108 Å². The van der Waals surface area contributed by atoms with Crippen molar-refractivity contribution in [2.24, 2.45) is 0 Å². The zero-order chi connectivity index (χ0) is 12.4. The van der Waals surface area contributed by atoms with Gasteiger partial charge in [-0.1, -0.05) is 11.6 Å². The number of benzene rings is 1. The van der Waals surface area contributed by atoms with E-state index in [0.717, 1.165) is 0 Å². The lowest BCUT2D eigenvalue weighted by atomic mass is 10.2. The van der Waals surface area contributed by atoms with Gasteiger partial charge in [-0.2, -0.15) is 4.98 Å². The lowest BCUT2D eigenvalue weighted by molar-refractivity contribution is 0.416. The van der Waals surface area contributed by atoms with Gasteiger partial charge in [0, 0.05) is 5.02 Å². The number of rotatable bonds is 2. The standard InChI is InChI=1S/C10H9ClN4OS/c1-16-7-3-2-5(11)4-6(7)8-13-9(12)15-10(17)14-8/h2-4H,1H3,(H3,12,13,14,15,17). The highest BCUT2D eigenvalue weighted by Crippen LogP contribution is 2.30. The number of nitrogens with one attached hydrogen (secondary N) is 1. The molecule has 0 aliphatic rings. The summed E-state index contributed by atoms with van der Waals surface area (Å²) in [7, 11) is 1.56. The van der Waals surface area contributed by atoms with Crippen molar-refractivity contribution in [2.45, 2.75) is 0 Å². The molecule has 0 saturated heterocycles. The van der Waals surface area contributed by atoms with E-state index in [1.807, 2.05) is 0 Å². The van der Waals surface area contributed by atoms with E-state index >= 15 is 0 Å². The molecule has 1 heterocycles. The molecule has 2 rings (SSSR count). The summed E-state index contributed by atoms with van der Waals surface area (Å²) in [4.78, 5) is 10.7. The minimum absolute atomic E-state index is 0.165. The molecule has 0 atom stereocenters. The Morgan fingerprint density at radius 1 is 1.41 bits per heavy atom. The van der Waals surface area contributed by atoms with Crippen LogP contribution in [0.3, 0.4) is 0 Å². The zero-order valence-corrected chi connectivity index (χ0v) is 10.5. The molecular weight excluding hydrogens is 260 g/mol. The smallest absolute Gasteiger partial charge is 0.224 e. The van der Waals surface area contributed by atoms with E-state index in [0.29, 0.717) is 22.2 Å². The van der Waals surface area contributed by atoms with Crippen molar-refractivity contribution in [3.8, 4) is 17.1 Å². The van der Waals surface area contributed by atoms with E-state index in [9.17, 15) is 0 Å². The van der Waals surface area contributed by atoms with Crippen molar-refractivity contribution in [1.29, 1.82) is 0 Å². The molecule has 0 unspecified atom stereocenters. The van der Waals surface area contributed by atoms with Crippen LogP contribution in [0.2, 0.25) is 5.02 Å². The fraction of sp³-hybridized carbons (Fsp3) is 0.100. The van der Waals surface area contributed by atoms with Crippen molar-refractivity contribution >= 4 is 29.8 Å². The second-order valence-corrected chi connectivity index (χ2v) is 4.01. The Kier molecular flexibility index (Phi) is 3.26. The van der Waals surface area contributed by atoms with Gasteiger partial charge >= 0.3 is 0 Å². The van der Waals surface area contributed by atoms with Crippen LogP contribution < -0.4 is 10.5 Å². The monoisotopic (exact) mass is 268 g/mol. The summed E-state index contributed by atoms with van der Waals surface area (Å²) in [5, 5.41) is 0.567. The van der Waals surface area contributed by atoms with Crippen LogP contribution in [0.4, 0.5) is 5.95 Å². The van der Waals surface area contributed by atoms with Crippen LogP contribution in [0.1, 0.15) is 0 Å². The zero-order valence-electron chi connectivity index (χ0n) is 8.90. The van der Waals surface area contributed by atoms with E-state index in [2.05, 4.69) is 15.0 Å². The van der Waals surface area contributed by atoms with Gasteiger partial charge in [0.2, 0.25) is 10.7 Å². The van der Waals surface area contributed by atoms with Crippen LogP contribution in [-0.2, 0) is 0 Å². The Morgan fingerprint density at radius 2 is 2.18 bits per heavy atom. The third-order valence-corrected chi connectivity index (χ3v) is 2.50. The number of aromatic nitrogens is 3. The van der Waals surface area contributed by atoms with Crippen molar-refractivity contribution in [1.82, 2.24) is 15.0 Å². The van der Waals surface area contributed by atoms with Crippen LogP contribution in [-0.4, -0.2) is 22.1 Å². The van der Waals surface area contributed by atoms with Gasteiger partial charge in [-0.15, -0.1) is 0 Å². The first-order chi connectivity index (χ1) is 8.10. The molecule has 0 bridgehead atoms. The molecule has 1 aromatic heterocycles. The number of nitrogens with zero attached hydrogens (tertiary/aromatic N) is 2. The SMILES string of the molecule is COc1ccc(Cl)cc1-c1nc(=S)nc(N)[nH]1. The Bertz CT molecular complexity index is 613. The number of hydrogen-bond donors (Lipinski definition) is 2. The molecule has 3 N–H and O–H groups in total. The summed E-state index contributed by atoms with van der Waals surface area (Å²) < 4.78 is 5.39. The minimum Gasteiger partial charge on any atom is -0.496 e. The normalized spacial score (nSPS) is 10.2. The van der Waals surface area contributed by atoms with E-state index < -0.39 is 0 Å². The molecule has 88 valence electrons. The van der Waals surface area contributed by atoms with Crippen LogP contribution in [0, 0.1) is 4.77 Å². The fourth-order valence-electron chi connectivity index (χ4n) is 1.39. The number of hydrogen-bond acceptors (Lipinski definition) is 5. The van der Waals surface area contributed by atoms with Gasteiger partial charge in [-0.3, -0.25) is 0 Å². The summed E-state index contributed by atoms with van der Waals surface area (Å²) in [5.74, 6) is 1.29. The van der Waals surface area contributed by atoms with Gasteiger partial charge in [0.1, 0.15) is 11.6 Å². The lowest BCUT2D eigenvalue weighted by Gasteiger charge is -2.08. The summed E-state index contributed by atoms with van der Waals surface area (Å²) in [6.45, 7) is 0. The number of nitrogens with two attached hydrogens (primary N) is 1. The van der Waals surface area contributed by atoms with Gasteiger partial charge in [-0.05, 0) is 30.4 Å². The Hall–Kier alpha value is -1.66. The molecule has 7 heteroatoms. The van der Waals surface area contributed by atoms with Crippen LogP contribution in [0.5, 0.6) is 5.75 Å². The molecule has 17 heavy (non-hydrogen) atoms. The minimum atomic E-state index is 0.165. The van der Waals surface area contributed by atoms with E-state index in [1.165, 1.54) is 0 Å². The summed E-state index contributed by atoms with van der Waals surface area (Å²) in [5.41, 5.74) is 6.26. The third kappa shape index (κ3) is 2.54. The van der Waals surface area contributed by atoms with Crippen molar-refractivity contribution in [3.05, 3.63) is 28.0 Å². The van der Waals surface area contributed by atoms with Crippen molar-refractivity contribution in [3.63, 3.8) is 0 Å². The quantitative estimate of drug-likeness (QED) is 0.818. The molecule has 0 aliphatic carbocycles. The van der Waals surface area contributed by atoms with E-state index in [-0.39, 0.29) is 10.7 Å². The molecular formula is C10H9ClN4OS. The maximum Gasteiger partial charge on any atom is 0.224 e. The highest BCUT2D eigenvalue weighted by Gasteiger charge is 2.09. The molecule has 0 aliphatic heterocycles. The second-order valence-electron chi connectivity index (χ2n) is 3.21. The molecule has 0 radical (unpaired) electrons. The van der Waals surface area contributed by atoms with Gasteiger partial charge in [-0.25, -0.2) is 4.98 Å². The molecule has 0 saturated carbocycles. The molecule has 1 aromatic carbocycles. The van der Waals surface area contributed by atoms with Gasteiger partial charge in [0.25, 0.3) is 0 Å². The molecule has 0 spiro atoms. The van der Waals surface area contributed by atoms with Crippen LogP contribution >= 0.6 is 23.8 Å². The summed E-state index contributed by atoms with van der Waals surface area (Å²) in [6.07, 6.45) is 0. The number of anilines is 1. The lowest BCUT2D eigenvalue weighted by Crippen LogP contribution is -2.00. The number of nitrogen functional groups attached to an aromatic ring is 1. The third-order valence-electron chi connectivity index (χ3n) is 2.09. The number of H-pyrrole nitrogens is 1. The largest absolute Gasteiger partial charge is 0.496 e. The molecule has 5 nitrogen and oxygen atoms in total. The maximum atomic E-state index is 5.93. The first kappa shape index (κ1) is 11.8. The molecule has 2 aromatic rings. The van der Waals surface area contributed by atoms with Gasteiger partial charge in [0.05, 0.1) is 12.7 Å². The number of ether oxygens (including phenoxy) is 1. The highest BCUT2D eigenvalue weighted by molar-refractivity contribution is 7.71. The first-order valence-electron chi connectivity index (χ1n) is 4.68. The predicted molar refractivity (Wildman–Crippen MR) is 68.6 cm³/mol. The fourth-order valence-corrected chi connectivity index (χ4v) is 1.76. The maximum absolute atomic E-state index is 5.93. The van der Waals surface area contributed by atoms with Gasteiger partial charge < -0.3 is 15.5 Å². The second kappa shape index (κ2) is 4.68. The highest BCUT2D eigenvalue weighted by atomic mass is 35.5. The van der Waals surface area contributed by atoms with Crippen molar-refractivity contribution in [2.75, 3.05) is 12.8 Å². The first-order valence-corrected chi connectivity index (χ1v) is 5.46. The van der Waals surface area contributed by atoms with E-state index in [4.69, 9.17) is 34.3 Å². The molecule has 0 fully saturated rings. The number of halogens is 1. The summed E-state index contributed by atoms with van der Waals surface area (Å²) >= 11 is 10.8. The molecule has 0 amide bonds. The van der Waals surface area contributed by atoms with Crippen molar-refractivity contribution < 1.29 is 4.74 Å². The van der Waals surface area contributed by atoms with E-state index in [1.54, 1.807) is 25.3 Å². The van der Waals surface area contributed by atoms with Crippen LogP contribution in [0.15, 0.2) is 18.2 Å². The average Bonchev–Trinajstić information content (AvgIpc) is 2.27. The Balaban J connectivity index is 2.66. The number of aromatic amines is 1. The average molecular weight is 269 g/mol.